The number of rotatable bonds is 3. The zero-order valence-electron chi connectivity index (χ0n) is 41.2. The number of benzene rings is 8. The fourth-order valence-electron chi connectivity index (χ4n) is 11.9. The molecule has 0 fully saturated rings. The maximum atomic E-state index is 7.14. The van der Waals surface area contributed by atoms with Gasteiger partial charge in [-0.1, -0.05) is 166 Å². The fourth-order valence-corrected chi connectivity index (χ4v) is 11.9. The van der Waals surface area contributed by atoms with Crippen LogP contribution in [-0.2, 0) is 21.7 Å². The van der Waals surface area contributed by atoms with E-state index in [0.717, 1.165) is 29.7 Å². The molecule has 0 saturated heterocycles. The van der Waals surface area contributed by atoms with E-state index in [9.17, 15) is 0 Å². The normalized spacial score (nSPS) is 16.0. The summed E-state index contributed by atoms with van der Waals surface area (Å²) in [6.45, 7) is 25.7. The minimum atomic E-state index is -0.156. The molecule has 0 saturated carbocycles. The van der Waals surface area contributed by atoms with E-state index in [1.165, 1.54) is 105 Å². The Balaban J connectivity index is 1.24. The highest BCUT2D eigenvalue weighted by molar-refractivity contribution is 6.94. The lowest BCUT2D eigenvalue weighted by atomic mass is 9.43. The number of fused-ring (bicyclic) bond motifs is 10. The van der Waals surface area contributed by atoms with Crippen molar-refractivity contribution < 1.29 is 4.42 Å². The Hall–Kier alpha value is -6.52. The fraction of sp³-hybridized carbons (Fsp3) is 0.270. The number of hydrogen-bond donors (Lipinski definition) is 0. The molecule has 0 unspecified atom stereocenters. The molecule has 4 heteroatoms. The van der Waals surface area contributed by atoms with E-state index in [0.29, 0.717) is 0 Å². The molecule has 67 heavy (non-hydrogen) atoms. The summed E-state index contributed by atoms with van der Waals surface area (Å²) in [6.07, 6.45) is 2.32. The van der Waals surface area contributed by atoms with Crippen LogP contribution in [0.4, 0.5) is 28.4 Å². The Morgan fingerprint density at radius 2 is 1.16 bits per heavy atom. The summed E-state index contributed by atoms with van der Waals surface area (Å²) in [5.41, 5.74) is 22.3. The van der Waals surface area contributed by atoms with Crippen LogP contribution in [0.1, 0.15) is 110 Å². The van der Waals surface area contributed by atoms with Gasteiger partial charge in [0.05, 0.1) is 0 Å². The molecule has 0 bridgehead atoms. The Morgan fingerprint density at radius 1 is 0.522 bits per heavy atom. The van der Waals surface area contributed by atoms with E-state index in [-0.39, 0.29) is 28.5 Å². The SMILES string of the molecule is Cc1cc(C(C)(C)C)ccc1N1c2cc3oc4cc5c(cc4c3cc2B2c3c(cc(-c4ccccc4)cc31)-c1ccc3ccccc3c1N2c1ccc(C(C)(C)C)cc1)C(C)(C)CCC5(C)C. The maximum absolute atomic E-state index is 7.14. The van der Waals surface area contributed by atoms with Crippen molar-refractivity contribution in [2.75, 3.05) is 9.71 Å². The minimum Gasteiger partial charge on any atom is -0.456 e. The smallest absolute Gasteiger partial charge is 0.333 e. The van der Waals surface area contributed by atoms with Crippen LogP contribution in [0.25, 0.3) is 55.0 Å². The molecule has 0 atom stereocenters. The molecule has 2 aliphatic heterocycles. The largest absolute Gasteiger partial charge is 0.456 e. The molecular formula is C63H61BN2O. The van der Waals surface area contributed by atoms with Crippen LogP contribution < -0.4 is 20.6 Å². The minimum absolute atomic E-state index is 0.0127. The van der Waals surface area contributed by atoms with E-state index in [4.69, 9.17) is 4.42 Å². The molecule has 1 aliphatic carbocycles. The van der Waals surface area contributed by atoms with Crippen molar-refractivity contribution >= 4 is 78.9 Å². The average molecular weight is 873 g/mol. The van der Waals surface area contributed by atoms with Gasteiger partial charge in [-0.3, -0.25) is 0 Å². The Labute approximate surface area is 397 Å². The second-order valence-corrected chi connectivity index (χ2v) is 23.3. The summed E-state index contributed by atoms with van der Waals surface area (Å²) < 4.78 is 7.14. The first-order valence-electron chi connectivity index (χ1n) is 24.5. The third-order valence-corrected chi connectivity index (χ3v) is 15.9. The highest BCUT2D eigenvalue weighted by Gasteiger charge is 2.47. The predicted molar refractivity (Wildman–Crippen MR) is 288 cm³/mol. The molecule has 9 aromatic rings. The first kappa shape index (κ1) is 41.9. The van der Waals surface area contributed by atoms with Crippen LogP contribution in [0.2, 0.25) is 0 Å². The van der Waals surface area contributed by atoms with E-state index in [1.807, 2.05) is 0 Å². The lowest BCUT2D eigenvalue weighted by Gasteiger charge is -2.46. The van der Waals surface area contributed by atoms with Gasteiger partial charge in [-0.2, -0.15) is 0 Å². The van der Waals surface area contributed by atoms with Crippen molar-refractivity contribution in [1.82, 2.24) is 0 Å². The van der Waals surface area contributed by atoms with Crippen molar-refractivity contribution in [1.29, 1.82) is 0 Å². The number of hydrogen-bond acceptors (Lipinski definition) is 3. The molecule has 1 aromatic heterocycles. The Kier molecular flexibility index (Phi) is 8.91. The highest BCUT2D eigenvalue weighted by Crippen LogP contribution is 2.53. The predicted octanol–water partition coefficient (Wildman–Crippen LogP) is 16.4. The van der Waals surface area contributed by atoms with Gasteiger partial charge in [0.2, 0.25) is 0 Å². The van der Waals surface area contributed by atoms with Crippen molar-refractivity contribution in [2.24, 2.45) is 0 Å². The van der Waals surface area contributed by atoms with Gasteiger partial charge in [-0.05, 0) is 145 Å². The summed E-state index contributed by atoms with van der Waals surface area (Å²) in [4.78, 5) is 5.27. The molecule has 0 amide bonds. The number of furan rings is 1. The summed E-state index contributed by atoms with van der Waals surface area (Å²) >= 11 is 0. The second kappa shape index (κ2) is 14.3. The third-order valence-electron chi connectivity index (χ3n) is 15.9. The van der Waals surface area contributed by atoms with Crippen molar-refractivity contribution in [2.45, 2.75) is 111 Å². The lowest BCUT2D eigenvalue weighted by Crippen LogP contribution is -2.61. The summed E-state index contributed by atoms with van der Waals surface area (Å²) in [6, 6.07) is 55.9. The molecule has 332 valence electrons. The average Bonchev–Trinajstić information content (AvgIpc) is 3.66. The lowest BCUT2D eigenvalue weighted by molar-refractivity contribution is 0.332. The van der Waals surface area contributed by atoms with Gasteiger partial charge in [0.1, 0.15) is 11.2 Å². The topological polar surface area (TPSA) is 19.6 Å². The van der Waals surface area contributed by atoms with Gasteiger partial charge < -0.3 is 14.1 Å². The molecule has 3 nitrogen and oxygen atoms in total. The molecule has 3 heterocycles. The van der Waals surface area contributed by atoms with Crippen LogP contribution in [0.3, 0.4) is 0 Å². The van der Waals surface area contributed by atoms with Crippen LogP contribution in [0.15, 0.2) is 150 Å². The van der Waals surface area contributed by atoms with Gasteiger partial charge in [-0.15, -0.1) is 0 Å². The molecule has 8 aromatic carbocycles. The molecule has 0 spiro atoms. The Bertz CT molecular complexity index is 3510. The zero-order valence-corrected chi connectivity index (χ0v) is 41.2. The van der Waals surface area contributed by atoms with E-state index in [2.05, 4.69) is 231 Å². The monoisotopic (exact) mass is 872 g/mol. The number of nitrogens with zero attached hydrogens (tertiary/aromatic N) is 2. The van der Waals surface area contributed by atoms with Gasteiger partial charge >= 0.3 is 6.85 Å². The molecule has 3 aliphatic rings. The quantitative estimate of drug-likeness (QED) is 0.165. The van der Waals surface area contributed by atoms with E-state index >= 15 is 0 Å². The molecular weight excluding hydrogens is 812 g/mol. The van der Waals surface area contributed by atoms with Gasteiger partial charge in [0.25, 0.3) is 0 Å². The first-order valence-corrected chi connectivity index (χ1v) is 24.5. The summed E-state index contributed by atoms with van der Waals surface area (Å²) in [5.74, 6) is 0. The highest BCUT2D eigenvalue weighted by atomic mass is 16.3. The standard InChI is InChI=1S/C63H61BN2O/c1-38-31-43(61(5,6)7)24-28-53(38)65-54-37-57-48(47-34-50-51(36-56(47)67-57)63(10,11)30-29-62(50,8)9)35-52(54)64-58-49(32-41(33-55(58)65)39-17-13-12-14-18-39)46-27-21-40-19-15-16-20-45(40)59(46)66(64)44-25-22-42(23-26-44)60(2,3)4/h12-28,31-37H,29-30H2,1-11H3. The van der Waals surface area contributed by atoms with E-state index in [1.54, 1.807) is 0 Å². The van der Waals surface area contributed by atoms with Gasteiger partial charge in [0, 0.05) is 56.2 Å². The van der Waals surface area contributed by atoms with Crippen LogP contribution in [0, 0.1) is 6.92 Å². The summed E-state index contributed by atoms with van der Waals surface area (Å²) in [7, 11) is 0. The third kappa shape index (κ3) is 6.38. The molecule has 0 radical (unpaired) electrons. The maximum Gasteiger partial charge on any atom is 0.333 e. The van der Waals surface area contributed by atoms with Gasteiger partial charge in [0.15, 0.2) is 0 Å². The van der Waals surface area contributed by atoms with Crippen molar-refractivity contribution in [3.8, 4) is 22.3 Å². The van der Waals surface area contributed by atoms with E-state index < -0.39 is 0 Å². The Morgan fingerprint density at radius 3 is 1.87 bits per heavy atom. The summed E-state index contributed by atoms with van der Waals surface area (Å²) in [5, 5.41) is 4.86. The van der Waals surface area contributed by atoms with Crippen LogP contribution in [-0.4, -0.2) is 6.85 Å². The van der Waals surface area contributed by atoms with Crippen LogP contribution >= 0.6 is 0 Å². The van der Waals surface area contributed by atoms with Crippen LogP contribution in [0.5, 0.6) is 0 Å². The van der Waals surface area contributed by atoms with Crippen molar-refractivity contribution in [3.05, 3.63) is 173 Å². The van der Waals surface area contributed by atoms with Crippen molar-refractivity contribution in [3.63, 3.8) is 0 Å². The zero-order chi connectivity index (χ0) is 46.5. The molecule has 12 rings (SSSR count). The number of aryl methyl sites for hydroxylation is 1. The second-order valence-electron chi connectivity index (χ2n) is 23.3. The number of anilines is 5. The van der Waals surface area contributed by atoms with Gasteiger partial charge in [-0.25, -0.2) is 0 Å². The molecule has 0 N–H and O–H groups in total. The first-order chi connectivity index (χ1) is 31.9.